The van der Waals surface area contributed by atoms with E-state index >= 15 is 0 Å². The van der Waals surface area contributed by atoms with E-state index in [1.807, 2.05) is 48.5 Å². The molecule has 1 aromatic heterocycles. The average Bonchev–Trinajstić information content (AvgIpc) is 3.08. The van der Waals surface area contributed by atoms with Crippen LogP contribution in [-0.2, 0) is 10.0 Å². The molecular formula is C24H20ClNO4S2. The number of thiophene rings is 1. The summed E-state index contributed by atoms with van der Waals surface area (Å²) < 4.78 is 42.1. The second-order valence-electron chi connectivity index (χ2n) is 7.42. The molecule has 1 aliphatic heterocycles. The Balaban J connectivity index is 1.56. The van der Waals surface area contributed by atoms with E-state index in [2.05, 4.69) is 4.72 Å². The Bertz CT molecular complexity index is 1350. The van der Waals surface area contributed by atoms with Crippen molar-refractivity contribution in [3.8, 4) is 11.5 Å². The highest BCUT2D eigenvalue weighted by Gasteiger charge is 2.27. The molecule has 0 spiro atoms. The van der Waals surface area contributed by atoms with E-state index < -0.39 is 16.1 Å². The van der Waals surface area contributed by atoms with E-state index in [1.165, 1.54) is 12.1 Å². The highest BCUT2D eigenvalue weighted by atomic mass is 35.5. The van der Waals surface area contributed by atoms with E-state index in [0.717, 1.165) is 21.4 Å². The SMILES string of the molecule is O=S(=O)(NC(c1cc2ccccc2s1)c1ccccc1Cl)c1ccc2c(c1)OCCCO2. The molecule has 5 nitrogen and oxygen atoms in total. The number of fused-ring (bicyclic) bond motifs is 2. The number of halogens is 1. The van der Waals surface area contributed by atoms with Crippen LogP contribution in [0.15, 0.2) is 77.7 Å². The Labute approximate surface area is 195 Å². The first-order valence-electron chi connectivity index (χ1n) is 10.2. The molecule has 5 rings (SSSR count). The second-order valence-corrected chi connectivity index (χ2v) is 10.7. The molecule has 0 radical (unpaired) electrons. The summed E-state index contributed by atoms with van der Waals surface area (Å²) in [6.45, 7) is 1.02. The van der Waals surface area contributed by atoms with Crippen molar-refractivity contribution in [3.05, 3.63) is 88.3 Å². The first-order valence-corrected chi connectivity index (χ1v) is 12.8. The fourth-order valence-corrected chi connectivity index (χ4v) is 6.33. The number of benzene rings is 3. The summed E-state index contributed by atoms with van der Waals surface area (Å²) in [5, 5.41) is 1.55. The van der Waals surface area contributed by atoms with Gasteiger partial charge in [0.1, 0.15) is 0 Å². The molecule has 3 aromatic carbocycles. The van der Waals surface area contributed by atoms with Crippen molar-refractivity contribution in [1.82, 2.24) is 4.72 Å². The zero-order chi connectivity index (χ0) is 22.1. The van der Waals surface area contributed by atoms with Gasteiger partial charge in [-0.2, -0.15) is 4.72 Å². The van der Waals surface area contributed by atoms with Crippen LogP contribution in [0, 0.1) is 0 Å². The minimum Gasteiger partial charge on any atom is -0.490 e. The van der Waals surface area contributed by atoms with Crippen LogP contribution in [0.3, 0.4) is 0 Å². The molecule has 0 aliphatic carbocycles. The first kappa shape index (κ1) is 21.3. The molecule has 0 bridgehead atoms. The predicted octanol–water partition coefficient (Wildman–Crippen LogP) is 5.78. The standard InChI is InChI=1S/C24H20ClNO4S2/c25-19-8-3-2-7-18(19)24(23-14-16-6-1-4-9-22(16)31-23)26-32(27,28)17-10-11-20-21(15-17)30-13-5-12-29-20/h1-4,6-11,14-15,24,26H,5,12-13H2. The molecule has 4 aromatic rings. The summed E-state index contributed by atoms with van der Waals surface area (Å²) in [6.07, 6.45) is 0.746. The Morgan fingerprint density at radius 2 is 1.66 bits per heavy atom. The van der Waals surface area contributed by atoms with Crippen molar-refractivity contribution in [3.63, 3.8) is 0 Å². The maximum atomic E-state index is 13.4. The third kappa shape index (κ3) is 4.21. The van der Waals surface area contributed by atoms with Gasteiger partial charge in [-0.1, -0.05) is 48.0 Å². The number of rotatable bonds is 5. The van der Waals surface area contributed by atoms with Crippen LogP contribution >= 0.6 is 22.9 Å². The maximum absolute atomic E-state index is 13.4. The molecule has 0 saturated carbocycles. The number of nitrogens with one attached hydrogen (secondary N) is 1. The number of sulfonamides is 1. The van der Waals surface area contributed by atoms with Crippen molar-refractivity contribution < 1.29 is 17.9 Å². The molecule has 1 aliphatic rings. The lowest BCUT2D eigenvalue weighted by Crippen LogP contribution is -2.29. The van der Waals surface area contributed by atoms with Crippen LogP contribution < -0.4 is 14.2 Å². The fraction of sp³-hybridized carbons (Fsp3) is 0.167. The lowest BCUT2D eigenvalue weighted by atomic mass is 10.1. The fourth-order valence-electron chi connectivity index (χ4n) is 3.66. The van der Waals surface area contributed by atoms with Gasteiger partial charge >= 0.3 is 0 Å². The molecule has 8 heteroatoms. The minimum atomic E-state index is -3.89. The molecular weight excluding hydrogens is 466 g/mol. The van der Waals surface area contributed by atoms with Gasteiger partial charge in [-0.25, -0.2) is 8.42 Å². The topological polar surface area (TPSA) is 64.6 Å². The lowest BCUT2D eigenvalue weighted by molar-refractivity contribution is 0.297. The van der Waals surface area contributed by atoms with Gasteiger partial charge in [-0.05, 0) is 41.3 Å². The molecule has 2 heterocycles. The summed E-state index contributed by atoms with van der Waals surface area (Å²) in [7, 11) is -3.89. The Morgan fingerprint density at radius 1 is 0.906 bits per heavy atom. The van der Waals surface area contributed by atoms with Crippen LogP contribution in [0.25, 0.3) is 10.1 Å². The largest absolute Gasteiger partial charge is 0.490 e. The van der Waals surface area contributed by atoms with Crippen molar-refractivity contribution in [1.29, 1.82) is 0 Å². The average molecular weight is 486 g/mol. The third-order valence-electron chi connectivity index (χ3n) is 5.25. The van der Waals surface area contributed by atoms with Gasteiger partial charge in [0.05, 0.1) is 24.2 Å². The van der Waals surface area contributed by atoms with E-state index in [4.69, 9.17) is 21.1 Å². The van der Waals surface area contributed by atoms with E-state index in [0.29, 0.717) is 35.3 Å². The Hall–Kier alpha value is -2.58. The smallest absolute Gasteiger partial charge is 0.241 e. The van der Waals surface area contributed by atoms with Gasteiger partial charge in [-0.15, -0.1) is 11.3 Å². The van der Waals surface area contributed by atoms with Gasteiger partial charge in [0, 0.05) is 27.1 Å². The van der Waals surface area contributed by atoms with Crippen LogP contribution in [-0.4, -0.2) is 21.6 Å². The zero-order valence-electron chi connectivity index (χ0n) is 17.0. The van der Waals surface area contributed by atoms with Crippen molar-refractivity contribution in [2.45, 2.75) is 17.4 Å². The van der Waals surface area contributed by atoms with Crippen molar-refractivity contribution >= 4 is 43.0 Å². The quantitative estimate of drug-likeness (QED) is 0.389. The molecule has 32 heavy (non-hydrogen) atoms. The van der Waals surface area contributed by atoms with Gasteiger partial charge < -0.3 is 9.47 Å². The third-order valence-corrected chi connectivity index (χ3v) is 8.19. The van der Waals surface area contributed by atoms with Crippen LogP contribution in [0.5, 0.6) is 11.5 Å². The number of hydrogen-bond acceptors (Lipinski definition) is 5. The minimum absolute atomic E-state index is 0.111. The Kier molecular flexibility index (Phi) is 5.82. The first-order chi connectivity index (χ1) is 15.5. The molecule has 1 atom stereocenters. The molecule has 0 fully saturated rings. The van der Waals surface area contributed by atoms with E-state index in [-0.39, 0.29) is 4.90 Å². The summed E-state index contributed by atoms with van der Waals surface area (Å²) in [6, 6.07) is 21.3. The number of hydrogen-bond donors (Lipinski definition) is 1. The van der Waals surface area contributed by atoms with E-state index in [9.17, 15) is 8.42 Å². The number of ether oxygens (including phenoxy) is 2. The maximum Gasteiger partial charge on any atom is 0.241 e. The van der Waals surface area contributed by atoms with Crippen molar-refractivity contribution in [2.75, 3.05) is 13.2 Å². The molecule has 1 N–H and O–H groups in total. The zero-order valence-corrected chi connectivity index (χ0v) is 19.3. The predicted molar refractivity (Wildman–Crippen MR) is 127 cm³/mol. The van der Waals surface area contributed by atoms with Gasteiger partial charge in [0.15, 0.2) is 11.5 Å². The molecule has 0 saturated heterocycles. The normalized spacial score (nSPS) is 14.8. The molecule has 0 amide bonds. The van der Waals surface area contributed by atoms with Crippen LogP contribution in [0.1, 0.15) is 22.9 Å². The van der Waals surface area contributed by atoms with Crippen LogP contribution in [0.4, 0.5) is 0 Å². The monoisotopic (exact) mass is 485 g/mol. The van der Waals surface area contributed by atoms with Crippen molar-refractivity contribution in [2.24, 2.45) is 0 Å². The lowest BCUT2D eigenvalue weighted by Gasteiger charge is -2.20. The highest BCUT2D eigenvalue weighted by molar-refractivity contribution is 7.89. The van der Waals surface area contributed by atoms with Gasteiger partial charge in [0.25, 0.3) is 0 Å². The van der Waals surface area contributed by atoms with Gasteiger partial charge in [-0.3, -0.25) is 0 Å². The second kappa shape index (κ2) is 8.75. The summed E-state index contributed by atoms with van der Waals surface area (Å²) >= 11 is 8.03. The highest BCUT2D eigenvalue weighted by Crippen LogP contribution is 2.37. The molecule has 164 valence electrons. The summed E-state index contributed by atoms with van der Waals surface area (Å²) in [4.78, 5) is 0.970. The van der Waals surface area contributed by atoms with Crippen LogP contribution in [0.2, 0.25) is 5.02 Å². The molecule has 1 unspecified atom stereocenters. The summed E-state index contributed by atoms with van der Waals surface area (Å²) in [5.74, 6) is 0.982. The van der Waals surface area contributed by atoms with Gasteiger partial charge in [0.2, 0.25) is 10.0 Å². The van der Waals surface area contributed by atoms with E-state index in [1.54, 1.807) is 23.5 Å². The Morgan fingerprint density at radius 3 is 2.47 bits per heavy atom. The summed E-state index contributed by atoms with van der Waals surface area (Å²) in [5.41, 5.74) is 0.693.